The summed E-state index contributed by atoms with van der Waals surface area (Å²) in [5, 5.41) is 12.1. The predicted octanol–water partition coefficient (Wildman–Crippen LogP) is 5.96. The Hall–Kier alpha value is -3.13. The minimum Gasteiger partial charge on any atom is -0.497 e. The van der Waals surface area contributed by atoms with E-state index in [1.807, 2.05) is 42.5 Å². The highest BCUT2D eigenvalue weighted by atomic mass is 16.5. The zero-order valence-electron chi connectivity index (χ0n) is 21.6. The van der Waals surface area contributed by atoms with Gasteiger partial charge in [0.2, 0.25) is 0 Å². The van der Waals surface area contributed by atoms with Gasteiger partial charge in [0.25, 0.3) is 0 Å². The Bertz CT molecular complexity index is 1330. The Morgan fingerprint density at radius 1 is 1.08 bits per heavy atom. The van der Waals surface area contributed by atoms with Gasteiger partial charge in [0.05, 0.1) is 13.7 Å². The van der Waals surface area contributed by atoms with Crippen LogP contribution in [0.4, 0.5) is 0 Å². The van der Waals surface area contributed by atoms with Crippen LogP contribution in [0.5, 0.6) is 5.75 Å². The lowest BCUT2D eigenvalue weighted by Crippen LogP contribution is -2.48. The predicted molar refractivity (Wildman–Crippen MR) is 143 cm³/mol. The molecule has 4 aliphatic rings. The van der Waals surface area contributed by atoms with Crippen LogP contribution in [-0.2, 0) is 9.53 Å². The number of hydrogen-bond donors (Lipinski definition) is 1. The van der Waals surface area contributed by atoms with Crippen molar-refractivity contribution in [1.29, 1.82) is 0 Å². The summed E-state index contributed by atoms with van der Waals surface area (Å²) in [7, 11) is 1.67. The lowest BCUT2D eigenvalue weighted by atomic mass is 9.62. The average Bonchev–Trinajstić information content (AvgIpc) is 3.10. The second-order valence-corrected chi connectivity index (χ2v) is 11.2. The van der Waals surface area contributed by atoms with Crippen LogP contribution in [0, 0.1) is 29.1 Å². The Morgan fingerprint density at radius 2 is 1.86 bits per heavy atom. The molecule has 0 aromatic heterocycles. The monoisotopic (exact) mass is 494 g/mol. The fraction of sp³-hybridized carbons (Fsp3) is 0.424. The molecule has 0 bridgehead atoms. The van der Waals surface area contributed by atoms with Crippen LogP contribution in [0.15, 0.2) is 77.4 Å². The number of rotatable bonds is 2. The summed E-state index contributed by atoms with van der Waals surface area (Å²) in [6, 6.07) is 18.0. The van der Waals surface area contributed by atoms with Gasteiger partial charge in [0.15, 0.2) is 0 Å². The number of methoxy groups -OCH3 is 1. The molecule has 0 spiro atoms. The molecule has 0 amide bonds. The zero-order valence-corrected chi connectivity index (χ0v) is 21.6. The van der Waals surface area contributed by atoms with E-state index in [9.17, 15) is 9.90 Å². The molecule has 37 heavy (non-hydrogen) atoms. The number of aliphatic hydroxyl groups is 1. The van der Waals surface area contributed by atoms with Gasteiger partial charge >= 0.3 is 0 Å². The minimum absolute atomic E-state index is 0.212. The van der Waals surface area contributed by atoms with Crippen LogP contribution in [0.3, 0.4) is 0 Å². The number of hydrogen-bond acceptors (Lipinski definition) is 4. The highest BCUT2D eigenvalue weighted by molar-refractivity contribution is 5.84. The first kappa shape index (κ1) is 24.2. The first-order valence-corrected chi connectivity index (χ1v) is 13.4. The summed E-state index contributed by atoms with van der Waals surface area (Å²) >= 11 is 0. The summed E-state index contributed by atoms with van der Waals surface area (Å²) in [5.41, 5.74) is 4.18. The van der Waals surface area contributed by atoms with Crippen molar-refractivity contribution in [1.82, 2.24) is 0 Å². The van der Waals surface area contributed by atoms with E-state index in [1.54, 1.807) is 7.11 Å². The van der Waals surface area contributed by atoms with E-state index in [2.05, 4.69) is 37.0 Å². The van der Waals surface area contributed by atoms with Crippen LogP contribution < -0.4 is 4.74 Å². The van der Waals surface area contributed by atoms with Gasteiger partial charge in [0, 0.05) is 23.8 Å². The fourth-order valence-corrected chi connectivity index (χ4v) is 7.16. The molecule has 1 aliphatic heterocycles. The Morgan fingerprint density at radius 3 is 2.62 bits per heavy atom. The molecule has 3 unspecified atom stereocenters. The SMILES string of the molecule is COc1ccc(C2OC[C@@]3(C)C(CC[C@@]3(O)C#Cc3ccccc3)C3CC=C4CC(=O)CCC4=C23)cc1. The zero-order chi connectivity index (χ0) is 25.6. The summed E-state index contributed by atoms with van der Waals surface area (Å²) in [6.07, 6.45) is 6.38. The third-order valence-electron chi connectivity index (χ3n) is 9.30. The molecular weight excluding hydrogens is 460 g/mol. The third kappa shape index (κ3) is 4.06. The number of allylic oxidation sites excluding steroid dienone is 3. The van der Waals surface area contributed by atoms with Gasteiger partial charge in [-0.1, -0.05) is 55.2 Å². The van der Waals surface area contributed by atoms with Crippen molar-refractivity contribution in [3.05, 3.63) is 88.5 Å². The maximum Gasteiger partial charge on any atom is 0.137 e. The molecule has 2 aromatic carbocycles. The van der Waals surface area contributed by atoms with E-state index >= 15 is 0 Å². The molecule has 4 nitrogen and oxygen atoms in total. The molecular formula is C33H34O4. The maximum atomic E-state index is 12.3. The molecule has 3 aliphatic carbocycles. The normalized spacial score (nSPS) is 32.8. The number of fused-ring (bicyclic) bond motifs is 4. The molecule has 2 aromatic rings. The molecule has 3 fully saturated rings. The van der Waals surface area contributed by atoms with Gasteiger partial charge in [0.1, 0.15) is 23.2 Å². The van der Waals surface area contributed by atoms with Gasteiger partial charge in [-0.2, -0.15) is 0 Å². The van der Waals surface area contributed by atoms with Crippen LogP contribution in [0.2, 0.25) is 0 Å². The van der Waals surface area contributed by atoms with E-state index < -0.39 is 11.0 Å². The van der Waals surface area contributed by atoms with Crippen molar-refractivity contribution >= 4 is 5.78 Å². The molecule has 6 rings (SSSR count). The molecule has 0 radical (unpaired) electrons. The Labute approximate surface area is 219 Å². The molecule has 1 heterocycles. The Kier molecular flexibility index (Phi) is 6.10. The van der Waals surface area contributed by atoms with Gasteiger partial charge in [-0.25, -0.2) is 0 Å². The number of carbonyl (C=O) groups excluding carboxylic acids is 1. The topological polar surface area (TPSA) is 55.8 Å². The quantitative estimate of drug-likeness (QED) is 0.524. The van der Waals surface area contributed by atoms with E-state index in [0.717, 1.165) is 36.1 Å². The van der Waals surface area contributed by atoms with Gasteiger partial charge in [-0.05, 0) is 84.1 Å². The van der Waals surface area contributed by atoms with Crippen molar-refractivity contribution in [2.45, 2.75) is 57.2 Å². The lowest BCUT2D eigenvalue weighted by Gasteiger charge is -2.42. The van der Waals surface area contributed by atoms with Gasteiger partial charge in [-0.3, -0.25) is 4.79 Å². The second kappa shape index (κ2) is 9.31. The number of carbonyl (C=O) groups is 1. The van der Waals surface area contributed by atoms with Crippen LogP contribution in [0.25, 0.3) is 0 Å². The van der Waals surface area contributed by atoms with Crippen LogP contribution in [-0.4, -0.2) is 30.2 Å². The fourth-order valence-electron chi connectivity index (χ4n) is 7.16. The van der Waals surface area contributed by atoms with Crippen LogP contribution in [0.1, 0.15) is 62.7 Å². The first-order chi connectivity index (χ1) is 17.9. The van der Waals surface area contributed by atoms with E-state index in [-0.39, 0.29) is 17.9 Å². The molecule has 1 N–H and O–H groups in total. The maximum absolute atomic E-state index is 12.3. The number of ketones is 1. The highest BCUT2D eigenvalue weighted by Crippen LogP contribution is 2.61. The smallest absolute Gasteiger partial charge is 0.137 e. The van der Waals surface area contributed by atoms with Crippen molar-refractivity contribution in [3.8, 4) is 17.6 Å². The Balaban J connectivity index is 1.44. The van der Waals surface area contributed by atoms with Crippen molar-refractivity contribution in [3.63, 3.8) is 0 Å². The largest absolute Gasteiger partial charge is 0.497 e. The van der Waals surface area contributed by atoms with E-state index in [1.165, 1.54) is 16.7 Å². The van der Waals surface area contributed by atoms with Crippen molar-refractivity contribution in [2.75, 3.05) is 13.7 Å². The summed E-state index contributed by atoms with van der Waals surface area (Å²) in [4.78, 5) is 12.3. The van der Waals surface area contributed by atoms with Gasteiger partial charge in [-0.15, -0.1) is 0 Å². The third-order valence-corrected chi connectivity index (χ3v) is 9.30. The molecule has 5 atom stereocenters. The molecule has 190 valence electrons. The summed E-state index contributed by atoms with van der Waals surface area (Å²) in [5.74, 6) is 8.18. The second-order valence-electron chi connectivity index (χ2n) is 11.2. The number of Topliss-reactive ketones (excluding diaryl/α,β-unsaturated/α-hetero) is 1. The van der Waals surface area contributed by atoms with Crippen molar-refractivity contribution in [2.24, 2.45) is 17.3 Å². The number of ether oxygens (including phenoxy) is 2. The highest BCUT2D eigenvalue weighted by Gasteiger charge is 2.61. The number of benzene rings is 2. The van der Waals surface area contributed by atoms with Crippen LogP contribution >= 0.6 is 0 Å². The van der Waals surface area contributed by atoms with Crippen molar-refractivity contribution < 1.29 is 19.4 Å². The average molecular weight is 495 g/mol. The summed E-state index contributed by atoms with van der Waals surface area (Å²) < 4.78 is 12.2. The summed E-state index contributed by atoms with van der Waals surface area (Å²) in [6.45, 7) is 2.60. The van der Waals surface area contributed by atoms with E-state index in [4.69, 9.17) is 9.47 Å². The molecule has 4 heteroatoms. The van der Waals surface area contributed by atoms with E-state index in [0.29, 0.717) is 31.7 Å². The minimum atomic E-state index is -1.13. The lowest BCUT2D eigenvalue weighted by molar-refractivity contribution is -0.118. The molecule has 1 saturated heterocycles. The standard InChI is InChI=1S/C33H34O4/c1-32-21-37-31(23-8-12-26(36-2)13-9-23)30-27-15-11-25(34)20-24(27)10-14-28(30)29(32)17-19-33(32,35)18-16-22-6-4-3-5-7-22/h3-10,12-13,28-29,31,35H,11,14-15,17,19-21H2,1-2H3/t28?,29?,31?,32-,33-/m0/s1. The van der Waals surface area contributed by atoms with Gasteiger partial charge < -0.3 is 14.6 Å². The molecule has 2 saturated carbocycles. The first-order valence-electron chi connectivity index (χ1n) is 13.4.